The molecule has 0 heterocycles. The molecule has 19 heavy (non-hydrogen) atoms. The summed E-state index contributed by atoms with van der Waals surface area (Å²) < 4.78 is 5.59. The molecule has 0 aliphatic heterocycles. The fraction of sp³-hybridized carbons (Fsp3) is 0.333. The van der Waals surface area contributed by atoms with Crippen molar-refractivity contribution in [2.24, 2.45) is 0 Å². The van der Waals surface area contributed by atoms with Gasteiger partial charge < -0.3 is 4.74 Å². The number of ether oxygens (including phenoxy) is 1. The zero-order valence-electron chi connectivity index (χ0n) is 13.0. The summed E-state index contributed by atoms with van der Waals surface area (Å²) in [7, 11) is 0. The van der Waals surface area contributed by atoms with Crippen LogP contribution in [0.1, 0.15) is 41.0 Å². The summed E-state index contributed by atoms with van der Waals surface area (Å²) >= 11 is 0. The minimum absolute atomic E-state index is 0.816. The molecule has 1 nitrogen and oxygen atoms in total. The molecule has 0 spiro atoms. The zero-order chi connectivity index (χ0) is 14.9. The smallest absolute Gasteiger partial charge is 0.127 e. The van der Waals surface area contributed by atoms with Crippen LogP contribution in [-0.4, -0.2) is 0 Å². The molecule has 0 fully saturated rings. The Morgan fingerprint density at radius 3 is 2.11 bits per heavy atom. The van der Waals surface area contributed by atoms with Crippen molar-refractivity contribution in [1.82, 2.24) is 0 Å². The largest absolute Gasteiger partial charge is 0.458 e. The number of hydrogen-bond acceptors (Lipinski definition) is 1. The molecule has 0 atom stereocenters. The highest BCUT2D eigenvalue weighted by Gasteiger charge is 1.93. The van der Waals surface area contributed by atoms with Crippen molar-refractivity contribution in [3.05, 3.63) is 67.0 Å². The van der Waals surface area contributed by atoms with Gasteiger partial charge in [0.2, 0.25) is 0 Å². The topological polar surface area (TPSA) is 9.23 Å². The molecule has 1 aromatic carbocycles. The molecule has 1 heteroatoms. The fourth-order valence-electron chi connectivity index (χ4n) is 0.977. The van der Waals surface area contributed by atoms with Gasteiger partial charge in [-0.1, -0.05) is 71.0 Å². The van der Waals surface area contributed by atoms with E-state index in [1.165, 1.54) is 6.42 Å². The van der Waals surface area contributed by atoms with Gasteiger partial charge in [0.15, 0.2) is 0 Å². The molecule has 0 saturated carbocycles. The van der Waals surface area contributed by atoms with Crippen LogP contribution < -0.4 is 4.74 Å². The molecule has 0 aromatic heterocycles. The van der Waals surface area contributed by atoms with Crippen molar-refractivity contribution >= 4 is 0 Å². The normalized spacial score (nSPS) is 9.84. The highest BCUT2D eigenvalue weighted by molar-refractivity contribution is 5.26. The van der Waals surface area contributed by atoms with Gasteiger partial charge in [0.1, 0.15) is 11.5 Å². The van der Waals surface area contributed by atoms with Crippen molar-refractivity contribution in [2.75, 3.05) is 0 Å². The highest BCUT2D eigenvalue weighted by Crippen LogP contribution is 2.13. The van der Waals surface area contributed by atoms with Crippen molar-refractivity contribution in [3.8, 4) is 5.75 Å². The Labute approximate surface area is 119 Å². The summed E-state index contributed by atoms with van der Waals surface area (Å²) in [5, 5.41) is 0. The van der Waals surface area contributed by atoms with Crippen LogP contribution in [0, 0.1) is 0 Å². The van der Waals surface area contributed by atoms with E-state index in [0.717, 1.165) is 11.5 Å². The van der Waals surface area contributed by atoms with E-state index in [2.05, 4.69) is 20.4 Å². The average molecular weight is 260 g/mol. The molecular formula is C18H28O. The molecule has 0 radical (unpaired) electrons. The first-order valence-electron chi connectivity index (χ1n) is 6.96. The van der Waals surface area contributed by atoms with Crippen LogP contribution in [0.25, 0.3) is 0 Å². The number of allylic oxidation sites excluding steroid dienone is 4. The standard InChI is InChI=1S/C13H14O.C3H8.C2H6/c1-3-5-9-12(4-2)14-13-10-7-6-8-11-13;1-3-2;1-2/h3-11H,1H2,2H3;3H2,1-2H3;1-2H3/b9-5-,12-4+;;. The maximum Gasteiger partial charge on any atom is 0.127 e. The van der Waals surface area contributed by atoms with Crippen LogP contribution in [0.3, 0.4) is 0 Å². The molecule has 0 N–H and O–H groups in total. The van der Waals surface area contributed by atoms with E-state index in [1.54, 1.807) is 6.08 Å². The molecule has 0 aliphatic rings. The lowest BCUT2D eigenvalue weighted by molar-refractivity contribution is 0.443. The van der Waals surface area contributed by atoms with Gasteiger partial charge in [0, 0.05) is 0 Å². The van der Waals surface area contributed by atoms with E-state index < -0.39 is 0 Å². The Kier molecular flexibility index (Phi) is 16.7. The quantitative estimate of drug-likeness (QED) is 0.465. The second kappa shape index (κ2) is 16.2. The van der Waals surface area contributed by atoms with Gasteiger partial charge in [0.05, 0.1) is 0 Å². The summed E-state index contributed by atoms with van der Waals surface area (Å²) in [5.74, 6) is 1.66. The predicted octanol–water partition coefficient (Wildman–Crippen LogP) is 6.15. The summed E-state index contributed by atoms with van der Waals surface area (Å²) in [4.78, 5) is 0. The van der Waals surface area contributed by atoms with Crippen LogP contribution in [0.4, 0.5) is 0 Å². The average Bonchev–Trinajstić information content (AvgIpc) is 2.47. The summed E-state index contributed by atoms with van der Waals surface area (Å²) in [5.41, 5.74) is 0. The molecule has 106 valence electrons. The third-order valence-corrected chi connectivity index (χ3v) is 1.66. The fourth-order valence-corrected chi connectivity index (χ4v) is 0.977. The van der Waals surface area contributed by atoms with Gasteiger partial charge in [-0.3, -0.25) is 0 Å². The summed E-state index contributed by atoms with van der Waals surface area (Å²) in [6.07, 6.45) is 8.60. The van der Waals surface area contributed by atoms with Crippen LogP contribution >= 0.6 is 0 Å². The first-order chi connectivity index (χ1) is 9.28. The summed E-state index contributed by atoms with van der Waals surface area (Å²) in [6, 6.07) is 9.69. The van der Waals surface area contributed by atoms with E-state index >= 15 is 0 Å². The lowest BCUT2D eigenvalue weighted by Crippen LogP contribution is -1.90. The van der Waals surface area contributed by atoms with Crippen molar-refractivity contribution in [2.45, 2.75) is 41.0 Å². The van der Waals surface area contributed by atoms with E-state index in [-0.39, 0.29) is 0 Å². The number of para-hydroxylation sites is 1. The molecule has 0 amide bonds. The second-order valence-corrected chi connectivity index (χ2v) is 3.41. The van der Waals surface area contributed by atoms with Gasteiger partial charge in [-0.15, -0.1) is 0 Å². The first-order valence-corrected chi connectivity index (χ1v) is 6.96. The number of rotatable bonds is 4. The maximum absolute atomic E-state index is 5.59. The Morgan fingerprint density at radius 1 is 1.16 bits per heavy atom. The predicted molar refractivity (Wildman–Crippen MR) is 87.5 cm³/mol. The zero-order valence-corrected chi connectivity index (χ0v) is 13.0. The Hall–Kier alpha value is -1.76. The molecule has 0 aliphatic carbocycles. The molecule has 1 rings (SSSR count). The number of hydrogen-bond donors (Lipinski definition) is 0. The number of benzene rings is 1. The van der Waals surface area contributed by atoms with E-state index in [9.17, 15) is 0 Å². The highest BCUT2D eigenvalue weighted by atomic mass is 16.5. The Bertz CT molecular complexity index is 347. The second-order valence-electron chi connectivity index (χ2n) is 3.41. The van der Waals surface area contributed by atoms with E-state index in [4.69, 9.17) is 4.74 Å². The van der Waals surface area contributed by atoms with Crippen molar-refractivity contribution < 1.29 is 4.74 Å². The SMILES string of the molecule is C=C/C=C\C(=C/C)Oc1ccccc1.CC.CCC. The van der Waals surface area contributed by atoms with Crippen LogP contribution in [0.15, 0.2) is 67.0 Å². The maximum atomic E-state index is 5.59. The molecule has 0 unspecified atom stereocenters. The van der Waals surface area contributed by atoms with Crippen LogP contribution in [-0.2, 0) is 0 Å². The lowest BCUT2D eigenvalue weighted by atomic mass is 10.3. The molecule has 0 bridgehead atoms. The van der Waals surface area contributed by atoms with Gasteiger partial charge >= 0.3 is 0 Å². The van der Waals surface area contributed by atoms with Gasteiger partial charge in [-0.05, 0) is 31.2 Å². The van der Waals surface area contributed by atoms with Crippen LogP contribution in [0.2, 0.25) is 0 Å². The van der Waals surface area contributed by atoms with Crippen molar-refractivity contribution in [3.63, 3.8) is 0 Å². The minimum atomic E-state index is 0.816. The van der Waals surface area contributed by atoms with Crippen molar-refractivity contribution in [1.29, 1.82) is 0 Å². The van der Waals surface area contributed by atoms with E-state index in [1.807, 2.05) is 69.3 Å². The summed E-state index contributed by atoms with van der Waals surface area (Å²) in [6.45, 7) is 13.8. The van der Waals surface area contributed by atoms with Crippen LogP contribution in [0.5, 0.6) is 5.75 Å². The van der Waals surface area contributed by atoms with Gasteiger partial charge in [0.25, 0.3) is 0 Å². The third kappa shape index (κ3) is 12.5. The monoisotopic (exact) mass is 260 g/mol. The molecular weight excluding hydrogens is 232 g/mol. The molecule has 1 aromatic rings. The van der Waals surface area contributed by atoms with Gasteiger partial charge in [-0.2, -0.15) is 0 Å². The Morgan fingerprint density at radius 2 is 1.68 bits per heavy atom. The third-order valence-electron chi connectivity index (χ3n) is 1.66. The Balaban J connectivity index is 0. The minimum Gasteiger partial charge on any atom is -0.458 e. The first kappa shape index (κ1) is 19.6. The molecule has 0 saturated heterocycles. The van der Waals surface area contributed by atoms with Gasteiger partial charge in [-0.25, -0.2) is 0 Å². The lowest BCUT2D eigenvalue weighted by Gasteiger charge is -2.04. The van der Waals surface area contributed by atoms with E-state index in [0.29, 0.717) is 0 Å².